The van der Waals surface area contributed by atoms with E-state index in [0.29, 0.717) is 11.7 Å². The standard InChI is InChI=1S/C16H22N4O/c1-11(2)14-9-15(18-16(21)10-17-4)20(19-14)13-7-5-12(3)6-8-13/h5-9,11,17H,10H2,1-4H3,(H,18,21). The van der Waals surface area contributed by atoms with Crippen molar-refractivity contribution in [3.05, 3.63) is 41.6 Å². The molecule has 0 bridgehead atoms. The Morgan fingerprint density at radius 3 is 2.52 bits per heavy atom. The number of nitrogens with zero attached hydrogens (tertiary/aromatic N) is 2. The second-order valence-electron chi connectivity index (χ2n) is 5.44. The van der Waals surface area contributed by atoms with Gasteiger partial charge in [-0.05, 0) is 32.0 Å². The van der Waals surface area contributed by atoms with Gasteiger partial charge in [-0.25, -0.2) is 4.68 Å². The van der Waals surface area contributed by atoms with Crippen LogP contribution >= 0.6 is 0 Å². The molecule has 5 nitrogen and oxygen atoms in total. The highest BCUT2D eigenvalue weighted by Gasteiger charge is 2.14. The van der Waals surface area contributed by atoms with E-state index in [1.807, 2.05) is 37.3 Å². The smallest absolute Gasteiger partial charge is 0.239 e. The van der Waals surface area contributed by atoms with Gasteiger partial charge in [0, 0.05) is 6.07 Å². The molecule has 2 N–H and O–H groups in total. The highest BCUT2D eigenvalue weighted by molar-refractivity contribution is 5.91. The quantitative estimate of drug-likeness (QED) is 0.887. The molecule has 0 spiro atoms. The number of nitrogens with one attached hydrogen (secondary N) is 2. The molecule has 0 unspecified atom stereocenters. The number of aryl methyl sites for hydroxylation is 1. The fourth-order valence-electron chi connectivity index (χ4n) is 2.00. The van der Waals surface area contributed by atoms with E-state index in [9.17, 15) is 4.79 Å². The first-order valence-electron chi connectivity index (χ1n) is 7.12. The Hall–Kier alpha value is -2.14. The van der Waals surface area contributed by atoms with E-state index < -0.39 is 0 Å². The van der Waals surface area contributed by atoms with Gasteiger partial charge < -0.3 is 10.6 Å². The largest absolute Gasteiger partial charge is 0.311 e. The minimum Gasteiger partial charge on any atom is -0.311 e. The van der Waals surface area contributed by atoms with Gasteiger partial charge in [-0.1, -0.05) is 31.5 Å². The zero-order valence-corrected chi connectivity index (χ0v) is 13.0. The average molecular weight is 286 g/mol. The summed E-state index contributed by atoms with van der Waals surface area (Å²) in [6.45, 7) is 6.49. The van der Waals surface area contributed by atoms with Gasteiger partial charge in [0.25, 0.3) is 0 Å². The summed E-state index contributed by atoms with van der Waals surface area (Å²) in [5.74, 6) is 0.917. The SMILES string of the molecule is CNCC(=O)Nc1cc(C(C)C)nn1-c1ccc(C)cc1. The lowest BCUT2D eigenvalue weighted by atomic mass is 10.1. The number of carbonyl (C=O) groups excluding carboxylic acids is 1. The Balaban J connectivity index is 2.38. The molecule has 2 rings (SSSR count). The molecule has 112 valence electrons. The number of carbonyl (C=O) groups is 1. The third-order valence-corrected chi connectivity index (χ3v) is 3.20. The molecule has 0 saturated carbocycles. The number of aromatic nitrogens is 2. The first-order valence-corrected chi connectivity index (χ1v) is 7.12. The molecule has 0 aliphatic carbocycles. The van der Waals surface area contributed by atoms with Crippen LogP contribution in [0.3, 0.4) is 0 Å². The van der Waals surface area contributed by atoms with Crippen molar-refractivity contribution >= 4 is 11.7 Å². The second kappa shape index (κ2) is 6.54. The van der Waals surface area contributed by atoms with Gasteiger partial charge >= 0.3 is 0 Å². The number of hydrogen-bond donors (Lipinski definition) is 2. The summed E-state index contributed by atoms with van der Waals surface area (Å²) in [5, 5.41) is 10.3. The van der Waals surface area contributed by atoms with E-state index in [4.69, 9.17) is 0 Å². The zero-order chi connectivity index (χ0) is 15.4. The predicted molar refractivity (Wildman–Crippen MR) is 84.9 cm³/mol. The predicted octanol–water partition coefficient (Wildman–Crippen LogP) is 2.46. The molecule has 0 fully saturated rings. The molecule has 1 aromatic carbocycles. The zero-order valence-electron chi connectivity index (χ0n) is 13.0. The number of likely N-dealkylation sites (N-methyl/N-ethyl adjacent to an activating group) is 1. The van der Waals surface area contributed by atoms with Gasteiger partial charge in [0.05, 0.1) is 17.9 Å². The Bertz CT molecular complexity index is 614. The molecule has 1 aromatic heterocycles. The highest BCUT2D eigenvalue weighted by Crippen LogP contribution is 2.22. The van der Waals surface area contributed by atoms with Gasteiger partial charge in [-0.2, -0.15) is 5.10 Å². The van der Waals surface area contributed by atoms with Crippen molar-refractivity contribution in [2.24, 2.45) is 0 Å². The number of hydrogen-bond acceptors (Lipinski definition) is 3. The van der Waals surface area contributed by atoms with Gasteiger partial charge in [0.15, 0.2) is 0 Å². The molecule has 0 atom stereocenters. The molecule has 1 heterocycles. The van der Waals surface area contributed by atoms with Crippen LogP contribution in [0.5, 0.6) is 0 Å². The monoisotopic (exact) mass is 286 g/mol. The van der Waals surface area contributed by atoms with Crippen LogP contribution in [0.4, 0.5) is 5.82 Å². The lowest BCUT2D eigenvalue weighted by Gasteiger charge is -2.09. The summed E-state index contributed by atoms with van der Waals surface area (Å²) >= 11 is 0. The Labute approximate surface area is 125 Å². The van der Waals surface area contributed by atoms with E-state index in [0.717, 1.165) is 11.4 Å². The fraction of sp³-hybridized carbons (Fsp3) is 0.375. The van der Waals surface area contributed by atoms with Gasteiger partial charge in [-0.3, -0.25) is 4.79 Å². The molecule has 5 heteroatoms. The maximum Gasteiger partial charge on any atom is 0.239 e. The van der Waals surface area contributed by atoms with Gasteiger partial charge in [-0.15, -0.1) is 0 Å². The summed E-state index contributed by atoms with van der Waals surface area (Å²) in [4.78, 5) is 11.8. The number of amides is 1. The fourth-order valence-corrected chi connectivity index (χ4v) is 2.00. The third-order valence-electron chi connectivity index (χ3n) is 3.20. The van der Waals surface area contributed by atoms with Crippen molar-refractivity contribution < 1.29 is 4.79 Å². The van der Waals surface area contributed by atoms with Crippen molar-refractivity contribution in [2.45, 2.75) is 26.7 Å². The van der Waals surface area contributed by atoms with Gasteiger partial charge in [0.2, 0.25) is 5.91 Å². The van der Waals surface area contributed by atoms with Crippen molar-refractivity contribution in [3.8, 4) is 5.69 Å². The average Bonchev–Trinajstić information content (AvgIpc) is 2.84. The first-order chi connectivity index (χ1) is 10.0. The summed E-state index contributed by atoms with van der Waals surface area (Å²) in [5.41, 5.74) is 3.08. The van der Waals surface area contributed by atoms with E-state index in [1.54, 1.807) is 11.7 Å². The normalized spacial score (nSPS) is 10.9. The number of rotatable bonds is 5. The van der Waals surface area contributed by atoms with E-state index >= 15 is 0 Å². The molecule has 2 aromatic rings. The van der Waals surface area contributed by atoms with Crippen LogP contribution in [0.1, 0.15) is 31.0 Å². The van der Waals surface area contributed by atoms with Crippen LogP contribution in [0, 0.1) is 6.92 Å². The molecule has 0 aliphatic heterocycles. The molecule has 0 saturated heterocycles. The number of anilines is 1. The molecule has 21 heavy (non-hydrogen) atoms. The Kier molecular flexibility index (Phi) is 4.75. The molecule has 0 radical (unpaired) electrons. The first kappa shape index (κ1) is 15.3. The maximum atomic E-state index is 11.8. The molecule has 1 amide bonds. The van der Waals surface area contributed by atoms with Crippen molar-refractivity contribution in [3.63, 3.8) is 0 Å². The van der Waals surface area contributed by atoms with Crippen molar-refractivity contribution in [1.29, 1.82) is 0 Å². The lowest BCUT2D eigenvalue weighted by molar-refractivity contribution is -0.115. The lowest BCUT2D eigenvalue weighted by Crippen LogP contribution is -2.26. The van der Waals surface area contributed by atoms with E-state index in [2.05, 4.69) is 29.6 Å². The Morgan fingerprint density at radius 2 is 1.95 bits per heavy atom. The second-order valence-corrected chi connectivity index (χ2v) is 5.44. The summed E-state index contributed by atoms with van der Waals surface area (Å²) in [6.07, 6.45) is 0. The topological polar surface area (TPSA) is 59.0 Å². The minimum atomic E-state index is -0.0823. The highest BCUT2D eigenvalue weighted by atomic mass is 16.2. The third kappa shape index (κ3) is 3.70. The van der Waals surface area contributed by atoms with Crippen molar-refractivity contribution in [1.82, 2.24) is 15.1 Å². The van der Waals surface area contributed by atoms with E-state index in [-0.39, 0.29) is 12.5 Å². The molecular weight excluding hydrogens is 264 g/mol. The van der Waals surface area contributed by atoms with Crippen LogP contribution in [0.25, 0.3) is 5.69 Å². The molecular formula is C16H22N4O. The summed E-state index contributed by atoms with van der Waals surface area (Å²) in [7, 11) is 1.75. The van der Waals surface area contributed by atoms with E-state index in [1.165, 1.54) is 5.56 Å². The maximum absolute atomic E-state index is 11.8. The molecule has 0 aliphatic rings. The van der Waals surface area contributed by atoms with Gasteiger partial charge in [0.1, 0.15) is 5.82 Å². The summed E-state index contributed by atoms with van der Waals surface area (Å²) in [6, 6.07) is 9.99. The van der Waals surface area contributed by atoms with Crippen LogP contribution < -0.4 is 10.6 Å². The number of benzene rings is 1. The van der Waals surface area contributed by atoms with Crippen LogP contribution in [0.15, 0.2) is 30.3 Å². The minimum absolute atomic E-state index is 0.0823. The van der Waals surface area contributed by atoms with Crippen LogP contribution in [-0.2, 0) is 4.79 Å². The summed E-state index contributed by atoms with van der Waals surface area (Å²) < 4.78 is 1.78. The van der Waals surface area contributed by atoms with Crippen molar-refractivity contribution in [2.75, 3.05) is 18.9 Å². The Morgan fingerprint density at radius 1 is 1.29 bits per heavy atom. The van der Waals surface area contributed by atoms with Crippen LogP contribution in [-0.4, -0.2) is 29.3 Å². The van der Waals surface area contributed by atoms with Crippen LogP contribution in [0.2, 0.25) is 0 Å².